The minimum absolute atomic E-state index is 0.769. The van der Waals surface area contributed by atoms with Gasteiger partial charge in [-0.15, -0.1) is 5.10 Å². The number of fused-ring (bicyclic) bond motifs is 1. The van der Waals surface area contributed by atoms with Gasteiger partial charge in [0.1, 0.15) is 5.00 Å². The van der Waals surface area contributed by atoms with E-state index in [0.29, 0.717) is 0 Å². The zero-order valence-electron chi connectivity index (χ0n) is 9.00. The summed E-state index contributed by atoms with van der Waals surface area (Å²) >= 11 is 1.36. The van der Waals surface area contributed by atoms with Crippen LogP contribution in [0.3, 0.4) is 0 Å². The number of nitrogens with one attached hydrogen (secondary N) is 1. The molecule has 0 amide bonds. The van der Waals surface area contributed by atoms with Crippen LogP contribution in [0.2, 0.25) is 0 Å². The third kappa shape index (κ3) is 2.09. The largest absolute Gasteiger partial charge is 0.370 e. The molecule has 0 aliphatic rings. The third-order valence-electron chi connectivity index (χ3n) is 2.59. The maximum Gasteiger partial charge on any atom is 0.130 e. The van der Waals surface area contributed by atoms with E-state index in [0.717, 1.165) is 16.9 Å². The predicted octanol–water partition coefficient (Wildman–Crippen LogP) is 2.70. The van der Waals surface area contributed by atoms with Gasteiger partial charge in [0.2, 0.25) is 0 Å². The molecule has 4 nitrogen and oxygen atoms in total. The Balaban J connectivity index is 1.90. The van der Waals surface area contributed by atoms with Gasteiger partial charge in [-0.25, -0.2) is 0 Å². The Kier molecular flexibility index (Phi) is 2.67. The molecule has 1 N–H and O–H groups in total. The summed E-state index contributed by atoms with van der Waals surface area (Å²) in [4.78, 5) is 4.13. The van der Waals surface area contributed by atoms with Crippen LogP contribution in [0.1, 0.15) is 5.56 Å². The van der Waals surface area contributed by atoms with Gasteiger partial charge >= 0.3 is 0 Å². The first-order chi connectivity index (χ1) is 8.43. The van der Waals surface area contributed by atoms with E-state index in [1.807, 2.05) is 24.5 Å². The molecule has 0 fully saturated rings. The summed E-state index contributed by atoms with van der Waals surface area (Å²) in [6.45, 7) is 0.769. The van der Waals surface area contributed by atoms with Gasteiger partial charge in [0, 0.05) is 35.9 Å². The standard InChI is InChI=1S/C12H10N4S/c1-2-9-6-13-5-4-11(9)10(3-1)7-14-12-8-15-16-17-12/h1-6,8,14H,7H2. The average Bonchev–Trinajstić information content (AvgIpc) is 2.89. The molecule has 2 aromatic heterocycles. The second kappa shape index (κ2) is 4.47. The summed E-state index contributed by atoms with van der Waals surface area (Å²) in [6, 6.07) is 8.27. The Hall–Kier alpha value is -2.01. The molecule has 0 radical (unpaired) electrons. The van der Waals surface area contributed by atoms with Gasteiger partial charge < -0.3 is 5.32 Å². The number of hydrogen-bond donors (Lipinski definition) is 1. The Labute approximate surface area is 102 Å². The van der Waals surface area contributed by atoms with E-state index in [1.165, 1.54) is 22.5 Å². The van der Waals surface area contributed by atoms with Crippen LogP contribution in [0.5, 0.6) is 0 Å². The maximum atomic E-state index is 4.13. The van der Waals surface area contributed by atoms with Crippen LogP contribution < -0.4 is 5.32 Å². The van der Waals surface area contributed by atoms with Crippen molar-refractivity contribution in [3.05, 3.63) is 48.4 Å². The first kappa shape index (κ1) is 10.2. The van der Waals surface area contributed by atoms with Gasteiger partial charge in [0.05, 0.1) is 6.20 Å². The van der Waals surface area contributed by atoms with E-state index in [1.54, 1.807) is 6.20 Å². The molecule has 2 heterocycles. The fourth-order valence-electron chi connectivity index (χ4n) is 1.77. The lowest BCUT2D eigenvalue weighted by Crippen LogP contribution is -1.98. The van der Waals surface area contributed by atoms with Gasteiger partial charge in [-0.3, -0.25) is 4.98 Å². The van der Waals surface area contributed by atoms with Crippen LogP contribution in [0.15, 0.2) is 42.9 Å². The summed E-state index contributed by atoms with van der Waals surface area (Å²) in [7, 11) is 0. The number of hydrogen-bond acceptors (Lipinski definition) is 5. The minimum atomic E-state index is 0.769. The zero-order chi connectivity index (χ0) is 11.5. The Morgan fingerprint density at radius 3 is 3.06 bits per heavy atom. The first-order valence-corrected chi connectivity index (χ1v) is 6.04. The number of anilines is 1. The van der Waals surface area contributed by atoms with Gasteiger partial charge in [-0.05, 0) is 17.0 Å². The molecular formula is C12H10N4S. The maximum absolute atomic E-state index is 4.13. The molecule has 5 heteroatoms. The highest BCUT2D eigenvalue weighted by Gasteiger charge is 2.01. The Morgan fingerprint density at radius 2 is 2.18 bits per heavy atom. The molecule has 0 atom stereocenters. The summed E-state index contributed by atoms with van der Waals surface area (Å²) in [5, 5.41) is 10.5. The Morgan fingerprint density at radius 1 is 1.18 bits per heavy atom. The van der Waals surface area contributed by atoms with Gasteiger partial charge in [0.15, 0.2) is 0 Å². The second-order valence-electron chi connectivity index (χ2n) is 3.65. The number of rotatable bonds is 3. The van der Waals surface area contributed by atoms with Crippen LogP contribution in [-0.4, -0.2) is 14.6 Å². The number of pyridine rings is 1. The van der Waals surface area contributed by atoms with E-state index in [2.05, 4.69) is 32.0 Å². The van der Waals surface area contributed by atoms with Crippen LogP contribution in [0.25, 0.3) is 10.8 Å². The van der Waals surface area contributed by atoms with E-state index in [-0.39, 0.29) is 0 Å². The highest BCUT2D eigenvalue weighted by Crippen LogP contribution is 2.19. The van der Waals surface area contributed by atoms with E-state index in [9.17, 15) is 0 Å². The molecule has 0 aliphatic heterocycles. The van der Waals surface area contributed by atoms with E-state index in [4.69, 9.17) is 0 Å². The molecule has 3 rings (SSSR count). The molecule has 0 unspecified atom stereocenters. The molecule has 0 saturated carbocycles. The molecular weight excluding hydrogens is 232 g/mol. The van der Waals surface area contributed by atoms with Crippen molar-refractivity contribution in [2.24, 2.45) is 0 Å². The predicted molar refractivity (Wildman–Crippen MR) is 69.0 cm³/mol. The normalized spacial score (nSPS) is 10.6. The molecule has 1 aromatic carbocycles. The van der Waals surface area contributed by atoms with Crippen molar-refractivity contribution in [3.8, 4) is 0 Å². The molecule has 0 spiro atoms. The van der Waals surface area contributed by atoms with Gasteiger partial charge in [-0.1, -0.05) is 22.7 Å². The van der Waals surface area contributed by atoms with Crippen LogP contribution in [0.4, 0.5) is 5.00 Å². The van der Waals surface area contributed by atoms with Crippen molar-refractivity contribution >= 4 is 27.3 Å². The zero-order valence-corrected chi connectivity index (χ0v) is 9.81. The van der Waals surface area contributed by atoms with Gasteiger partial charge in [0.25, 0.3) is 0 Å². The van der Waals surface area contributed by atoms with Crippen LogP contribution >= 0.6 is 11.5 Å². The minimum Gasteiger partial charge on any atom is -0.370 e. The molecule has 0 saturated heterocycles. The van der Waals surface area contributed by atoms with Crippen molar-refractivity contribution in [1.82, 2.24) is 14.6 Å². The number of benzene rings is 1. The highest BCUT2D eigenvalue weighted by atomic mass is 32.1. The molecule has 0 aliphatic carbocycles. The summed E-state index contributed by atoms with van der Waals surface area (Å²) in [5.41, 5.74) is 1.25. The molecule has 17 heavy (non-hydrogen) atoms. The smallest absolute Gasteiger partial charge is 0.130 e. The lowest BCUT2D eigenvalue weighted by molar-refractivity contribution is 1.14. The average molecular weight is 242 g/mol. The monoisotopic (exact) mass is 242 g/mol. The fourth-order valence-corrected chi connectivity index (χ4v) is 2.18. The quantitative estimate of drug-likeness (QED) is 0.767. The van der Waals surface area contributed by atoms with Crippen molar-refractivity contribution in [1.29, 1.82) is 0 Å². The van der Waals surface area contributed by atoms with Crippen LogP contribution in [-0.2, 0) is 6.54 Å². The second-order valence-corrected chi connectivity index (χ2v) is 4.43. The van der Waals surface area contributed by atoms with Gasteiger partial charge in [-0.2, -0.15) is 0 Å². The molecule has 3 aromatic rings. The molecule has 84 valence electrons. The van der Waals surface area contributed by atoms with E-state index >= 15 is 0 Å². The fraction of sp³-hybridized carbons (Fsp3) is 0.0833. The van der Waals surface area contributed by atoms with Crippen molar-refractivity contribution in [2.45, 2.75) is 6.54 Å². The van der Waals surface area contributed by atoms with Crippen molar-refractivity contribution in [3.63, 3.8) is 0 Å². The first-order valence-electron chi connectivity index (χ1n) is 5.26. The van der Waals surface area contributed by atoms with Crippen LogP contribution in [0, 0.1) is 0 Å². The SMILES string of the molecule is c1cc(CNc2cnns2)c2ccncc2c1. The number of nitrogens with zero attached hydrogens (tertiary/aromatic N) is 3. The molecule has 0 bridgehead atoms. The topological polar surface area (TPSA) is 50.7 Å². The van der Waals surface area contributed by atoms with Crippen molar-refractivity contribution in [2.75, 3.05) is 5.32 Å². The lowest BCUT2D eigenvalue weighted by Gasteiger charge is -2.06. The highest BCUT2D eigenvalue weighted by molar-refractivity contribution is 7.09. The third-order valence-corrected chi connectivity index (χ3v) is 3.21. The van der Waals surface area contributed by atoms with E-state index < -0.39 is 0 Å². The lowest BCUT2D eigenvalue weighted by atomic mass is 10.1. The van der Waals surface area contributed by atoms with Crippen molar-refractivity contribution < 1.29 is 0 Å². The summed E-state index contributed by atoms with van der Waals surface area (Å²) in [5.74, 6) is 0. The Bertz CT molecular complexity index is 616. The number of aromatic nitrogens is 3. The summed E-state index contributed by atoms with van der Waals surface area (Å²) < 4.78 is 3.82. The summed E-state index contributed by atoms with van der Waals surface area (Å²) in [6.07, 6.45) is 5.44.